The molecule has 0 radical (unpaired) electrons. The molecule has 1 unspecified atom stereocenters. The van der Waals surface area contributed by atoms with Crippen LogP contribution in [0.4, 0.5) is 4.79 Å². The number of nitrogens with zero attached hydrogens (tertiary/aromatic N) is 1. The van der Waals surface area contributed by atoms with E-state index in [2.05, 4.69) is 6.58 Å². The van der Waals surface area contributed by atoms with E-state index in [-0.39, 0.29) is 18.3 Å². The van der Waals surface area contributed by atoms with Crippen molar-refractivity contribution in [3.8, 4) is 0 Å². The van der Waals surface area contributed by atoms with Crippen LogP contribution in [0.25, 0.3) is 0 Å². The highest BCUT2D eigenvalue weighted by molar-refractivity contribution is 5.88. The first kappa shape index (κ1) is 18.3. The maximum Gasteiger partial charge on any atom is 0.410 e. The third kappa shape index (κ3) is 3.17. The number of likely N-dealkylation sites (tertiary alicyclic amines) is 1. The fourth-order valence-electron chi connectivity index (χ4n) is 4.47. The van der Waals surface area contributed by atoms with E-state index in [0.29, 0.717) is 13.0 Å². The summed E-state index contributed by atoms with van der Waals surface area (Å²) in [6.07, 6.45) is 2.61. The van der Waals surface area contributed by atoms with Gasteiger partial charge in [-0.1, -0.05) is 48.6 Å². The lowest BCUT2D eigenvalue weighted by Gasteiger charge is -2.45. The third-order valence-corrected chi connectivity index (χ3v) is 5.84. The van der Waals surface area contributed by atoms with E-state index >= 15 is 0 Å². The first-order chi connectivity index (χ1) is 13.5. The van der Waals surface area contributed by atoms with E-state index < -0.39 is 11.5 Å². The number of ether oxygens (including phenoxy) is 1. The number of benzene rings is 2. The Morgan fingerprint density at radius 1 is 1.14 bits per heavy atom. The van der Waals surface area contributed by atoms with E-state index in [1.165, 1.54) is 0 Å². The van der Waals surface area contributed by atoms with Crippen LogP contribution in [0.2, 0.25) is 0 Å². The normalized spacial score (nSPS) is 20.9. The second-order valence-electron chi connectivity index (χ2n) is 7.58. The minimum absolute atomic E-state index is 0.234. The van der Waals surface area contributed by atoms with Crippen LogP contribution in [0.15, 0.2) is 60.7 Å². The summed E-state index contributed by atoms with van der Waals surface area (Å²) in [5, 5.41) is 9.28. The van der Waals surface area contributed by atoms with Crippen molar-refractivity contribution in [2.45, 2.75) is 37.8 Å². The number of carboxylic acid groups (broad SMARTS) is 1. The third-order valence-electron chi connectivity index (χ3n) is 5.84. The Labute approximate surface area is 164 Å². The van der Waals surface area contributed by atoms with Crippen LogP contribution >= 0.6 is 0 Å². The van der Waals surface area contributed by atoms with Gasteiger partial charge in [-0.05, 0) is 54.5 Å². The molecule has 144 valence electrons. The summed E-state index contributed by atoms with van der Waals surface area (Å²) in [5.74, 6) is -0.934. The zero-order chi connectivity index (χ0) is 19.7. The Morgan fingerprint density at radius 2 is 1.93 bits per heavy atom. The highest BCUT2D eigenvalue weighted by atomic mass is 16.6. The first-order valence-electron chi connectivity index (χ1n) is 9.51. The summed E-state index contributed by atoms with van der Waals surface area (Å²) in [7, 11) is 0. The molecule has 1 amide bonds. The summed E-state index contributed by atoms with van der Waals surface area (Å²) in [4.78, 5) is 26.1. The van der Waals surface area contributed by atoms with Gasteiger partial charge < -0.3 is 9.84 Å². The van der Waals surface area contributed by atoms with Gasteiger partial charge >= 0.3 is 12.1 Å². The van der Waals surface area contributed by atoms with E-state index in [4.69, 9.17) is 4.74 Å². The summed E-state index contributed by atoms with van der Waals surface area (Å²) in [5.41, 5.74) is 3.87. The molecule has 1 N–H and O–H groups in total. The number of carbonyl (C=O) groups excluding carboxylic acids is 1. The van der Waals surface area contributed by atoms with Crippen molar-refractivity contribution < 1.29 is 19.4 Å². The number of aryl methyl sites for hydroxylation is 1. The molecule has 5 nitrogen and oxygen atoms in total. The lowest BCUT2D eigenvalue weighted by atomic mass is 9.79. The van der Waals surface area contributed by atoms with Gasteiger partial charge in [-0.25, -0.2) is 9.59 Å². The minimum Gasteiger partial charge on any atom is -0.478 e. The zero-order valence-corrected chi connectivity index (χ0v) is 15.7. The zero-order valence-electron chi connectivity index (χ0n) is 15.7. The topological polar surface area (TPSA) is 66.8 Å². The van der Waals surface area contributed by atoms with Crippen LogP contribution in [0.5, 0.6) is 0 Å². The molecule has 1 atom stereocenters. The summed E-state index contributed by atoms with van der Waals surface area (Å²) >= 11 is 0. The van der Waals surface area contributed by atoms with Crippen molar-refractivity contribution in [1.82, 2.24) is 4.90 Å². The van der Waals surface area contributed by atoms with Gasteiger partial charge in [-0.2, -0.15) is 0 Å². The average Bonchev–Trinajstić information content (AvgIpc) is 3.05. The molecule has 2 aliphatic rings. The van der Waals surface area contributed by atoms with Crippen LogP contribution < -0.4 is 0 Å². The quantitative estimate of drug-likeness (QED) is 0.799. The van der Waals surface area contributed by atoms with Crippen molar-refractivity contribution in [3.05, 3.63) is 82.9 Å². The van der Waals surface area contributed by atoms with Crippen LogP contribution in [-0.2, 0) is 23.3 Å². The number of hydrogen-bond acceptors (Lipinski definition) is 3. The Hall–Kier alpha value is -3.08. The average molecular weight is 377 g/mol. The summed E-state index contributed by atoms with van der Waals surface area (Å²) in [6, 6.07) is 14.8. The summed E-state index contributed by atoms with van der Waals surface area (Å²) in [6.45, 7) is 4.96. The Morgan fingerprint density at radius 3 is 2.68 bits per heavy atom. The summed E-state index contributed by atoms with van der Waals surface area (Å²) < 4.78 is 5.63. The maximum absolute atomic E-state index is 13.0. The molecule has 4 rings (SSSR count). The molecule has 1 fully saturated rings. The molecule has 28 heavy (non-hydrogen) atoms. The van der Waals surface area contributed by atoms with Crippen molar-refractivity contribution in [3.63, 3.8) is 0 Å². The van der Waals surface area contributed by atoms with Gasteiger partial charge in [-0.15, -0.1) is 0 Å². The predicted molar refractivity (Wildman–Crippen MR) is 105 cm³/mol. The first-order valence-corrected chi connectivity index (χ1v) is 9.51. The van der Waals surface area contributed by atoms with Crippen LogP contribution in [-0.4, -0.2) is 28.6 Å². The molecular formula is C23H23NO4. The molecule has 5 heteroatoms. The van der Waals surface area contributed by atoms with Crippen LogP contribution in [0.3, 0.4) is 0 Å². The second kappa shape index (κ2) is 7.15. The number of fused-ring (bicyclic) bond motifs is 2. The molecular weight excluding hydrogens is 354 g/mol. The Balaban J connectivity index is 1.62. The predicted octanol–water partition coefficient (Wildman–Crippen LogP) is 4.52. The number of rotatable bonds is 3. The fourth-order valence-corrected chi connectivity index (χ4v) is 4.47. The molecule has 2 aromatic carbocycles. The smallest absolute Gasteiger partial charge is 0.410 e. The number of amides is 1. The lowest BCUT2D eigenvalue weighted by Crippen LogP contribution is -2.51. The molecule has 0 aromatic heterocycles. The van der Waals surface area contributed by atoms with Crippen molar-refractivity contribution in [1.29, 1.82) is 0 Å². The highest BCUT2D eigenvalue weighted by Gasteiger charge is 2.48. The second-order valence-corrected chi connectivity index (χ2v) is 7.58. The molecule has 0 saturated carbocycles. The Kier molecular flexibility index (Phi) is 4.67. The van der Waals surface area contributed by atoms with Crippen molar-refractivity contribution in [2.24, 2.45) is 0 Å². The SMILES string of the molecule is C=C1CCN(C(=O)OCc2ccccc2)C2(CCc3cc(C(=O)O)ccc32)C1. The molecule has 1 spiro atoms. The lowest BCUT2D eigenvalue weighted by molar-refractivity contribution is 0.0331. The molecule has 1 aliphatic heterocycles. The standard InChI is InChI=1S/C23H23NO4/c1-16-10-12-24(22(27)28-15-17-5-3-2-4-6-17)23(14-16)11-9-18-13-19(21(25)26)7-8-20(18)23/h2-8,13H,1,9-12,14-15H2,(H,25,26). The van der Waals surface area contributed by atoms with Gasteiger partial charge in [0.15, 0.2) is 0 Å². The van der Waals surface area contributed by atoms with E-state index in [1.54, 1.807) is 12.1 Å². The number of hydrogen-bond donors (Lipinski definition) is 1. The Bertz CT molecular complexity index is 937. The monoisotopic (exact) mass is 377 g/mol. The van der Waals surface area contributed by atoms with Gasteiger partial charge in [0.05, 0.1) is 11.1 Å². The van der Waals surface area contributed by atoms with Gasteiger partial charge in [-0.3, -0.25) is 4.90 Å². The highest BCUT2D eigenvalue weighted by Crippen LogP contribution is 2.49. The molecule has 1 heterocycles. The fraction of sp³-hybridized carbons (Fsp3) is 0.304. The van der Waals surface area contributed by atoms with Gasteiger partial charge in [0, 0.05) is 6.54 Å². The van der Waals surface area contributed by atoms with E-state index in [0.717, 1.165) is 41.5 Å². The molecule has 2 aromatic rings. The molecule has 1 aliphatic carbocycles. The number of carboxylic acids is 1. The van der Waals surface area contributed by atoms with Gasteiger partial charge in [0.1, 0.15) is 6.61 Å². The number of carbonyl (C=O) groups is 2. The van der Waals surface area contributed by atoms with Crippen LogP contribution in [0, 0.1) is 0 Å². The largest absolute Gasteiger partial charge is 0.478 e. The van der Waals surface area contributed by atoms with Crippen molar-refractivity contribution >= 4 is 12.1 Å². The van der Waals surface area contributed by atoms with E-state index in [1.807, 2.05) is 41.3 Å². The van der Waals surface area contributed by atoms with Gasteiger partial charge in [0.2, 0.25) is 0 Å². The van der Waals surface area contributed by atoms with E-state index in [9.17, 15) is 14.7 Å². The van der Waals surface area contributed by atoms with Crippen LogP contribution in [0.1, 0.15) is 46.3 Å². The van der Waals surface area contributed by atoms with Gasteiger partial charge in [0.25, 0.3) is 0 Å². The number of aromatic carboxylic acids is 1. The van der Waals surface area contributed by atoms with Crippen molar-refractivity contribution in [2.75, 3.05) is 6.54 Å². The minimum atomic E-state index is -0.934. The number of piperidine rings is 1. The molecule has 0 bridgehead atoms. The maximum atomic E-state index is 13.0. The molecule has 1 saturated heterocycles.